The second kappa shape index (κ2) is 15.3. The van der Waals surface area contributed by atoms with Crippen molar-refractivity contribution < 1.29 is 37.0 Å². The molecule has 3 aromatic carbocycles. The van der Waals surface area contributed by atoms with Gasteiger partial charge in [0, 0.05) is 5.02 Å². The van der Waals surface area contributed by atoms with E-state index in [1.165, 1.54) is 43.9 Å². The molecule has 0 bridgehead atoms. The van der Waals surface area contributed by atoms with Gasteiger partial charge in [-0.3, -0.25) is 9.59 Å². The maximum absolute atomic E-state index is 13.4. The van der Waals surface area contributed by atoms with Gasteiger partial charge in [0.2, 0.25) is 0 Å². The predicted molar refractivity (Wildman–Crippen MR) is 151 cm³/mol. The summed E-state index contributed by atoms with van der Waals surface area (Å²) in [6.45, 7) is 2.61. The Morgan fingerprint density at radius 1 is 0.902 bits per heavy atom. The molecule has 1 unspecified atom stereocenters. The van der Waals surface area contributed by atoms with Gasteiger partial charge in [0.15, 0.2) is 0 Å². The molecule has 3 rings (SSSR count). The molecule has 1 N–H and O–H groups in total. The second-order valence-electron chi connectivity index (χ2n) is 9.40. The zero-order valence-electron chi connectivity index (χ0n) is 22.9. The highest BCUT2D eigenvalue weighted by Gasteiger charge is 2.31. The highest BCUT2D eigenvalue weighted by Crippen LogP contribution is 2.29. The first kappa shape index (κ1) is 31.8. The minimum absolute atomic E-state index is 0.126. The van der Waals surface area contributed by atoms with E-state index in [1.54, 1.807) is 36.4 Å². The van der Waals surface area contributed by atoms with Crippen molar-refractivity contribution in [3.63, 3.8) is 0 Å². The third-order valence-corrected chi connectivity index (χ3v) is 6.56. The third kappa shape index (κ3) is 10.3. The van der Waals surface area contributed by atoms with Gasteiger partial charge in [-0.15, -0.1) is 13.2 Å². The van der Waals surface area contributed by atoms with Crippen molar-refractivity contribution in [3.05, 3.63) is 82.9 Å². The lowest BCUT2D eigenvalue weighted by atomic mass is 9.98. The van der Waals surface area contributed by atoms with Gasteiger partial charge in [0.25, 0.3) is 5.91 Å². The zero-order valence-corrected chi connectivity index (χ0v) is 23.7. The quantitative estimate of drug-likeness (QED) is 0.151. The molecule has 1 atom stereocenters. The molecule has 0 radical (unpaired) electrons. The highest BCUT2D eigenvalue weighted by atomic mass is 35.5. The highest BCUT2D eigenvalue weighted by molar-refractivity contribution is 6.31. The van der Waals surface area contributed by atoms with Crippen LogP contribution in [-0.4, -0.2) is 32.0 Å². The Balaban J connectivity index is 1.75. The lowest BCUT2D eigenvalue weighted by molar-refractivity contribution is -0.274. The number of benzene rings is 3. The number of carbonyl (C=O) groups excluding carboxylic acids is 2. The fourth-order valence-corrected chi connectivity index (χ4v) is 4.36. The Kier molecular flexibility index (Phi) is 11.9. The Morgan fingerprint density at radius 2 is 1.54 bits per heavy atom. The summed E-state index contributed by atoms with van der Waals surface area (Å²) in [4.78, 5) is 25.6. The number of hydrogen-bond donors (Lipinski definition) is 1. The van der Waals surface area contributed by atoms with Crippen molar-refractivity contribution in [1.82, 2.24) is 5.32 Å². The molecule has 41 heavy (non-hydrogen) atoms. The smallest absolute Gasteiger partial charge is 0.493 e. The van der Waals surface area contributed by atoms with E-state index in [4.69, 9.17) is 21.1 Å². The van der Waals surface area contributed by atoms with Crippen LogP contribution in [0, 0.1) is 0 Å². The van der Waals surface area contributed by atoms with Crippen LogP contribution >= 0.6 is 11.6 Å². The van der Waals surface area contributed by atoms with Crippen LogP contribution in [-0.2, 0) is 9.53 Å². The second-order valence-corrected chi connectivity index (χ2v) is 9.84. The Bertz CT molecular complexity index is 1280. The maximum Gasteiger partial charge on any atom is 0.573 e. The average molecular weight is 592 g/mol. The van der Waals surface area contributed by atoms with Crippen LogP contribution in [0.1, 0.15) is 67.4 Å². The Morgan fingerprint density at radius 3 is 2.15 bits per heavy atom. The fourth-order valence-electron chi connectivity index (χ4n) is 4.19. The minimum Gasteiger partial charge on any atom is -0.493 e. The number of methoxy groups -OCH3 is 1. The minimum atomic E-state index is -4.77. The van der Waals surface area contributed by atoms with Crippen LogP contribution in [0.25, 0.3) is 11.1 Å². The van der Waals surface area contributed by atoms with Crippen molar-refractivity contribution in [2.45, 2.75) is 57.9 Å². The van der Waals surface area contributed by atoms with E-state index in [1.807, 2.05) is 0 Å². The first-order chi connectivity index (χ1) is 19.6. The third-order valence-electron chi connectivity index (χ3n) is 6.33. The lowest BCUT2D eigenvalue weighted by Crippen LogP contribution is -2.31. The van der Waals surface area contributed by atoms with E-state index in [-0.39, 0.29) is 17.7 Å². The van der Waals surface area contributed by atoms with Crippen molar-refractivity contribution in [2.24, 2.45) is 0 Å². The molecule has 0 fully saturated rings. The molecule has 0 aliphatic carbocycles. The molecule has 1 amide bonds. The van der Waals surface area contributed by atoms with Gasteiger partial charge in [-0.05, 0) is 53.4 Å². The molecule has 220 valence electrons. The summed E-state index contributed by atoms with van der Waals surface area (Å²) >= 11 is 6.18. The van der Waals surface area contributed by atoms with Crippen LogP contribution in [0.15, 0.2) is 66.7 Å². The van der Waals surface area contributed by atoms with E-state index in [2.05, 4.69) is 17.0 Å². The molecule has 0 aromatic heterocycles. The predicted octanol–water partition coefficient (Wildman–Crippen LogP) is 8.29. The molecule has 0 spiro atoms. The molecular weight excluding hydrogens is 559 g/mol. The standard InChI is InChI=1S/C31H33ClF3NO5/c1-3-4-5-6-7-18-40-28-17-14-24(32)19-26(28)30(38)36-27(20-29(37)39-2)23-10-8-21(9-11-23)22-12-15-25(16-13-22)41-31(33,34)35/h8-17,19,27H,3-7,18,20H2,1-2H3,(H,36,38). The van der Waals surface area contributed by atoms with Gasteiger partial charge in [0.1, 0.15) is 11.5 Å². The molecule has 0 saturated heterocycles. The summed E-state index contributed by atoms with van der Waals surface area (Å²) in [5, 5.41) is 3.25. The monoisotopic (exact) mass is 591 g/mol. The number of carbonyl (C=O) groups is 2. The van der Waals surface area contributed by atoms with Gasteiger partial charge < -0.3 is 19.5 Å². The molecule has 0 heterocycles. The number of unbranched alkanes of at least 4 members (excludes halogenated alkanes) is 4. The summed E-state index contributed by atoms with van der Waals surface area (Å²) in [6.07, 6.45) is 0.435. The molecule has 0 aliphatic rings. The van der Waals surface area contributed by atoms with Crippen LogP contribution in [0.5, 0.6) is 11.5 Å². The van der Waals surface area contributed by atoms with Gasteiger partial charge in [-0.1, -0.05) is 80.6 Å². The number of hydrogen-bond acceptors (Lipinski definition) is 5. The first-order valence-electron chi connectivity index (χ1n) is 13.4. The summed E-state index contributed by atoms with van der Waals surface area (Å²) < 4.78 is 52.0. The average Bonchev–Trinajstić information content (AvgIpc) is 2.94. The van der Waals surface area contributed by atoms with Gasteiger partial charge in [-0.25, -0.2) is 0 Å². The maximum atomic E-state index is 13.4. The number of amides is 1. The number of halogens is 4. The first-order valence-corrected chi connectivity index (χ1v) is 13.7. The Labute approximate surface area is 242 Å². The summed E-state index contributed by atoms with van der Waals surface area (Å²) in [5.74, 6) is -0.909. The summed E-state index contributed by atoms with van der Waals surface area (Å²) in [6, 6.07) is 16.5. The summed E-state index contributed by atoms with van der Waals surface area (Å²) in [7, 11) is 1.26. The van der Waals surface area contributed by atoms with Crippen LogP contribution in [0.3, 0.4) is 0 Å². The van der Waals surface area contributed by atoms with E-state index in [9.17, 15) is 22.8 Å². The topological polar surface area (TPSA) is 73.9 Å². The SMILES string of the molecule is CCCCCCCOc1ccc(Cl)cc1C(=O)NC(CC(=O)OC)c1ccc(-c2ccc(OC(F)(F)F)cc2)cc1. The number of nitrogens with one attached hydrogen (secondary N) is 1. The van der Waals surface area contributed by atoms with Crippen LogP contribution < -0.4 is 14.8 Å². The molecular formula is C31H33ClF3NO5. The van der Waals surface area contributed by atoms with Crippen molar-refractivity contribution in [2.75, 3.05) is 13.7 Å². The van der Waals surface area contributed by atoms with E-state index in [0.717, 1.165) is 31.2 Å². The molecule has 0 saturated carbocycles. The Hall–Kier alpha value is -3.72. The van der Waals surface area contributed by atoms with E-state index in [0.29, 0.717) is 28.5 Å². The number of esters is 1. The normalized spacial score (nSPS) is 12.0. The van der Waals surface area contributed by atoms with Crippen molar-refractivity contribution >= 4 is 23.5 Å². The number of rotatable bonds is 14. The van der Waals surface area contributed by atoms with Crippen molar-refractivity contribution in [1.29, 1.82) is 0 Å². The van der Waals surface area contributed by atoms with Crippen LogP contribution in [0.4, 0.5) is 13.2 Å². The summed E-state index contributed by atoms with van der Waals surface area (Å²) in [5.41, 5.74) is 2.26. The number of alkyl halides is 3. The lowest BCUT2D eigenvalue weighted by Gasteiger charge is -2.20. The molecule has 3 aromatic rings. The zero-order chi connectivity index (χ0) is 29.8. The van der Waals surface area contributed by atoms with Gasteiger partial charge >= 0.3 is 12.3 Å². The molecule has 0 aliphatic heterocycles. The van der Waals surface area contributed by atoms with Gasteiger partial charge in [0.05, 0.1) is 31.7 Å². The van der Waals surface area contributed by atoms with Crippen LogP contribution in [0.2, 0.25) is 5.02 Å². The van der Waals surface area contributed by atoms with Gasteiger partial charge in [-0.2, -0.15) is 0 Å². The largest absolute Gasteiger partial charge is 0.573 e. The number of ether oxygens (including phenoxy) is 3. The van der Waals surface area contributed by atoms with Crippen molar-refractivity contribution in [3.8, 4) is 22.6 Å². The fraction of sp³-hybridized carbons (Fsp3) is 0.355. The van der Waals surface area contributed by atoms with E-state index < -0.39 is 24.3 Å². The van der Waals surface area contributed by atoms with E-state index >= 15 is 0 Å². The molecule has 6 nitrogen and oxygen atoms in total. The molecule has 10 heteroatoms.